The highest BCUT2D eigenvalue weighted by Crippen LogP contribution is 2.23. The van der Waals surface area contributed by atoms with Crippen LogP contribution in [-0.4, -0.2) is 19.1 Å². The predicted octanol–water partition coefficient (Wildman–Crippen LogP) is 4.24. The third kappa shape index (κ3) is 3.34. The molecule has 1 aliphatic rings. The summed E-state index contributed by atoms with van der Waals surface area (Å²) in [7, 11) is 0. The van der Waals surface area contributed by atoms with Crippen molar-refractivity contribution in [2.75, 3.05) is 18.0 Å². The number of fused-ring (bicyclic) bond motifs is 1. The molecular formula is C20H21ClN2. The molecule has 3 aromatic carbocycles. The molecule has 0 unspecified atom stereocenters. The van der Waals surface area contributed by atoms with Gasteiger partial charge in [-0.05, 0) is 34.5 Å². The molecule has 0 amide bonds. The van der Waals surface area contributed by atoms with Crippen LogP contribution in [0.5, 0.6) is 0 Å². The highest BCUT2D eigenvalue weighted by molar-refractivity contribution is 5.85. The van der Waals surface area contributed by atoms with Crippen LogP contribution in [0.2, 0.25) is 0 Å². The standard InChI is InChI=1S/C20H20N2.ClH/c1-2-8-19(9-3-1)22(20-13-21-14-20)15-16-10-11-17-6-4-5-7-18(17)12-16;/h1-12,20-21H,13-15H2;1H. The number of nitrogens with one attached hydrogen (secondary N) is 1. The van der Waals surface area contributed by atoms with Crippen molar-refractivity contribution in [1.29, 1.82) is 0 Å². The molecule has 0 spiro atoms. The summed E-state index contributed by atoms with van der Waals surface area (Å²) in [6.45, 7) is 3.10. The fraction of sp³-hybridized carbons (Fsp3) is 0.200. The summed E-state index contributed by atoms with van der Waals surface area (Å²) in [6.07, 6.45) is 0. The normalized spacial score (nSPS) is 14.1. The first kappa shape index (κ1) is 15.9. The van der Waals surface area contributed by atoms with Crippen molar-refractivity contribution in [1.82, 2.24) is 5.32 Å². The third-order valence-corrected chi connectivity index (χ3v) is 4.46. The summed E-state index contributed by atoms with van der Waals surface area (Å²) in [5.74, 6) is 0. The van der Waals surface area contributed by atoms with E-state index in [0.29, 0.717) is 6.04 Å². The Bertz CT molecular complexity index is 769. The van der Waals surface area contributed by atoms with Crippen LogP contribution in [0.25, 0.3) is 10.8 Å². The summed E-state index contributed by atoms with van der Waals surface area (Å²) < 4.78 is 0. The topological polar surface area (TPSA) is 15.3 Å². The first-order valence-corrected chi connectivity index (χ1v) is 7.90. The molecule has 118 valence electrons. The molecule has 0 radical (unpaired) electrons. The lowest BCUT2D eigenvalue weighted by atomic mass is 10.0. The average molecular weight is 325 g/mol. The fourth-order valence-electron chi connectivity index (χ4n) is 3.08. The largest absolute Gasteiger partial charge is 0.362 e. The molecular weight excluding hydrogens is 304 g/mol. The molecule has 0 aromatic heterocycles. The number of anilines is 1. The van der Waals surface area contributed by atoms with Crippen LogP contribution in [0.3, 0.4) is 0 Å². The number of halogens is 1. The minimum Gasteiger partial charge on any atom is -0.362 e. The van der Waals surface area contributed by atoms with E-state index in [0.717, 1.165) is 19.6 Å². The van der Waals surface area contributed by atoms with Gasteiger partial charge in [0.15, 0.2) is 0 Å². The Morgan fingerprint density at radius 1 is 0.826 bits per heavy atom. The highest BCUT2D eigenvalue weighted by atomic mass is 35.5. The van der Waals surface area contributed by atoms with E-state index >= 15 is 0 Å². The average Bonchev–Trinajstić information content (AvgIpc) is 2.53. The number of para-hydroxylation sites is 1. The Kier molecular flexibility index (Phi) is 4.85. The van der Waals surface area contributed by atoms with Gasteiger partial charge in [0.25, 0.3) is 0 Å². The lowest BCUT2D eigenvalue weighted by molar-refractivity contribution is 0.411. The van der Waals surface area contributed by atoms with E-state index in [1.165, 1.54) is 22.0 Å². The van der Waals surface area contributed by atoms with Gasteiger partial charge in [-0.25, -0.2) is 0 Å². The SMILES string of the molecule is Cl.c1ccc(N(Cc2ccc3ccccc3c2)C2CNC2)cc1. The maximum Gasteiger partial charge on any atom is 0.0542 e. The highest BCUT2D eigenvalue weighted by Gasteiger charge is 2.24. The molecule has 23 heavy (non-hydrogen) atoms. The van der Waals surface area contributed by atoms with Gasteiger partial charge in [0.1, 0.15) is 0 Å². The Morgan fingerprint density at radius 2 is 1.52 bits per heavy atom. The van der Waals surface area contributed by atoms with Crippen LogP contribution in [0.4, 0.5) is 5.69 Å². The zero-order chi connectivity index (χ0) is 14.8. The van der Waals surface area contributed by atoms with Gasteiger partial charge in [0, 0.05) is 25.3 Å². The smallest absolute Gasteiger partial charge is 0.0542 e. The summed E-state index contributed by atoms with van der Waals surface area (Å²) in [6, 6.07) is 26.7. The minimum absolute atomic E-state index is 0. The molecule has 2 nitrogen and oxygen atoms in total. The second-order valence-corrected chi connectivity index (χ2v) is 5.96. The van der Waals surface area contributed by atoms with Gasteiger partial charge >= 0.3 is 0 Å². The Morgan fingerprint density at radius 3 is 2.22 bits per heavy atom. The summed E-state index contributed by atoms with van der Waals surface area (Å²) in [5.41, 5.74) is 2.68. The number of rotatable bonds is 4. The van der Waals surface area contributed by atoms with E-state index in [1.807, 2.05) is 0 Å². The molecule has 0 atom stereocenters. The number of hydrogen-bond acceptors (Lipinski definition) is 2. The van der Waals surface area contributed by atoms with Crippen LogP contribution >= 0.6 is 12.4 Å². The third-order valence-electron chi connectivity index (χ3n) is 4.46. The molecule has 0 bridgehead atoms. The van der Waals surface area contributed by atoms with Crippen LogP contribution in [-0.2, 0) is 6.54 Å². The van der Waals surface area contributed by atoms with Crippen LogP contribution in [0.15, 0.2) is 72.8 Å². The summed E-state index contributed by atoms with van der Waals surface area (Å²) in [4.78, 5) is 2.51. The maximum absolute atomic E-state index is 3.39. The second-order valence-electron chi connectivity index (χ2n) is 5.96. The number of hydrogen-bond donors (Lipinski definition) is 1. The molecule has 1 saturated heterocycles. The molecule has 3 heteroatoms. The van der Waals surface area contributed by atoms with E-state index in [2.05, 4.69) is 83.0 Å². The van der Waals surface area contributed by atoms with Gasteiger partial charge < -0.3 is 10.2 Å². The van der Waals surface area contributed by atoms with E-state index in [1.54, 1.807) is 0 Å². The van der Waals surface area contributed by atoms with E-state index < -0.39 is 0 Å². The lowest BCUT2D eigenvalue weighted by Crippen LogP contribution is -2.57. The second kappa shape index (κ2) is 7.03. The first-order chi connectivity index (χ1) is 10.9. The Labute approximate surface area is 143 Å². The molecule has 4 rings (SSSR count). The van der Waals surface area contributed by atoms with Crippen molar-refractivity contribution in [3.05, 3.63) is 78.4 Å². The van der Waals surface area contributed by atoms with Crippen LogP contribution < -0.4 is 10.2 Å². The van der Waals surface area contributed by atoms with Crippen molar-refractivity contribution >= 4 is 28.9 Å². The molecule has 0 aliphatic carbocycles. The van der Waals surface area contributed by atoms with Gasteiger partial charge in [0.05, 0.1) is 6.04 Å². The summed E-state index contributed by atoms with van der Waals surface area (Å²) >= 11 is 0. The van der Waals surface area contributed by atoms with Crippen molar-refractivity contribution in [3.63, 3.8) is 0 Å². The summed E-state index contributed by atoms with van der Waals surface area (Å²) in [5, 5.41) is 6.01. The Hall–Kier alpha value is -2.03. The van der Waals surface area contributed by atoms with Gasteiger partial charge in [-0.3, -0.25) is 0 Å². The maximum atomic E-state index is 3.39. The zero-order valence-corrected chi connectivity index (χ0v) is 13.8. The molecule has 3 aromatic rings. The quantitative estimate of drug-likeness (QED) is 0.772. The van der Waals surface area contributed by atoms with E-state index in [-0.39, 0.29) is 12.4 Å². The van der Waals surface area contributed by atoms with E-state index in [4.69, 9.17) is 0 Å². The lowest BCUT2D eigenvalue weighted by Gasteiger charge is -2.40. The first-order valence-electron chi connectivity index (χ1n) is 7.90. The molecule has 1 aliphatic heterocycles. The van der Waals surface area contributed by atoms with Gasteiger partial charge in [-0.2, -0.15) is 0 Å². The van der Waals surface area contributed by atoms with E-state index in [9.17, 15) is 0 Å². The molecule has 1 N–H and O–H groups in total. The minimum atomic E-state index is 0. The molecule has 1 heterocycles. The van der Waals surface area contributed by atoms with Crippen molar-refractivity contribution < 1.29 is 0 Å². The van der Waals surface area contributed by atoms with Crippen molar-refractivity contribution in [2.45, 2.75) is 12.6 Å². The molecule has 0 saturated carbocycles. The van der Waals surface area contributed by atoms with Crippen LogP contribution in [0.1, 0.15) is 5.56 Å². The van der Waals surface area contributed by atoms with Gasteiger partial charge in [-0.15, -0.1) is 12.4 Å². The fourth-order valence-corrected chi connectivity index (χ4v) is 3.08. The zero-order valence-electron chi connectivity index (χ0n) is 13.0. The monoisotopic (exact) mass is 324 g/mol. The number of nitrogens with zero attached hydrogens (tertiary/aromatic N) is 1. The van der Waals surface area contributed by atoms with Crippen LogP contribution in [0, 0.1) is 0 Å². The van der Waals surface area contributed by atoms with Gasteiger partial charge in [-0.1, -0.05) is 54.6 Å². The van der Waals surface area contributed by atoms with Crippen molar-refractivity contribution in [2.24, 2.45) is 0 Å². The number of benzene rings is 3. The van der Waals surface area contributed by atoms with Crippen molar-refractivity contribution in [3.8, 4) is 0 Å². The Balaban J connectivity index is 0.00000156. The predicted molar refractivity (Wildman–Crippen MR) is 100 cm³/mol. The molecule has 1 fully saturated rings. The van der Waals surface area contributed by atoms with Gasteiger partial charge in [0.2, 0.25) is 0 Å².